The molecule has 0 unspecified atom stereocenters. The molecule has 0 radical (unpaired) electrons. The fraction of sp³-hybridized carbons (Fsp3) is 0.786. The zero-order valence-electron chi connectivity index (χ0n) is 12.3. The van der Waals surface area contributed by atoms with Crippen molar-refractivity contribution < 1.29 is 14.4 Å². The summed E-state index contributed by atoms with van der Waals surface area (Å²) >= 11 is 0. The summed E-state index contributed by atoms with van der Waals surface area (Å²) in [6.07, 6.45) is 5.50. The maximum Gasteiger partial charge on any atom is 0.257 e. The Morgan fingerprint density at radius 3 is 2.20 bits per heavy atom. The molecule has 1 saturated carbocycles. The van der Waals surface area contributed by atoms with Crippen LogP contribution in [0.4, 0.5) is 0 Å². The quantitative estimate of drug-likeness (QED) is 0.654. The Labute approximate surface area is 120 Å². The van der Waals surface area contributed by atoms with E-state index in [1.807, 2.05) is 13.8 Å². The molecule has 3 N–H and O–H groups in total. The summed E-state index contributed by atoms with van der Waals surface area (Å²) in [5, 5.41) is 2.61. The van der Waals surface area contributed by atoms with Gasteiger partial charge < -0.3 is 5.32 Å². The average molecular weight is 283 g/mol. The molecule has 0 aromatic heterocycles. The molecule has 0 saturated heterocycles. The second-order valence-electron chi connectivity index (χ2n) is 5.75. The third-order valence-corrected chi connectivity index (χ3v) is 3.33. The number of hydrogen-bond donors (Lipinski definition) is 3. The van der Waals surface area contributed by atoms with Gasteiger partial charge in [0.15, 0.2) is 0 Å². The van der Waals surface area contributed by atoms with Crippen molar-refractivity contribution in [2.24, 2.45) is 11.8 Å². The smallest absolute Gasteiger partial charge is 0.257 e. The number of amides is 3. The Kier molecular flexibility index (Phi) is 7.04. The summed E-state index contributed by atoms with van der Waals surface area (Å²) in [7, 11) is 0. The number of rotatable bonds is 5. The highest BCUT2D eigenvalue weighted by Crippen LogP contribution is 2.23. The molecule has 6 heteroatoms. The molecule has 3 amide bonds. The standard InChI is InChI=1S/C14H25N3O3/c1-10(2)8-12(18)16-17-13(19)9-15-14(20)11-6-4-3-5-7-11/h10-11H,3-9H2,1-2H3,(H,15,20)(H,16,18)(H,17,19). The lowest BCUT2D eigenvalue weighted by Gasteiger charge is -2.20. The molecule has 1 aliphatic carbocycles. The molecular weight excluding hydrogens is 258 g/mol. The molecule has 20 heavy (non-hydrogen) atoms. The Hall–Kier alpha value is -1.59. The molecule has 0 aliphatic heterocycles. The van der Waals surface area contributed by atoms with Gasteiger partial charge >= 0.3 is 0 Å². The fourth-order valence-corrected chi connectivity index (χ4v) is 2.28. The van der Waals surface area contributed by atoms with E-state index in [0.29, 0.717) is 6.42 Å². The van der Waals surface area contributed by atoms with Crippen molar-refractivity contribution in [1.82, 2.24) is 16.2 Å². The molecule has 0 spiro atoms. The Bertz CT molecular complexity index is 350. The van der Waals surface area contributed by atoms with Crippen LogP contribution in [0.1, 0.15) is 52.4 Å². The van der Waals surface area contributed by atoms with Crippen LogP contribution in [0, 0.1) is 11.8 Å². The van der Waals surface area contributed by atoms with E-state index in [1.165, 1.54) is 6.42 Å². The predicted octanol–water partition coefficient (Wildman–Crippen LogP) is 0.876. The predicted molar refractivity (Wildman–Crippen MR) is 75.3 cm³/mol. The van der Waals surface area contributed by atoms with Crippen molar-refractivity contribution in [3.05, 3.63) is 0 Å². The lowest BCUT2D eigenvalue weighted by atomic mass is 9.89. The van der Waals surface area contributed by atoms with E-state index in [-0.39, 0.29) is 30.2 Å². The maximum atomic E-state index is 11.8. The zero-order valence-corrected chi connectivity index (χ0v) is 12.3. The number of carbonyl (C=O) groups excluding carboxylic acids is 3. The van der Waals surface area contributed by atoms with E-state index in [4.69, 9.17) is 0 Å². The number of hydrogen-bond acceptors (Lipinski definition) is 3. The van der Waals surface area contributed by atoms with E-state index in [9.17, 15) is 14.4 Å². The van der Waals surface area contributed by atoms with Crippen LogP contribution < -0.4 is 16.2 Å². The van der Waals surface area contributed by atoms with E-state index >= 15 is 0 Å². The van der Waals surface area contributed by atoms with Crippen LogP contribution in [0.25, 0.3) is 0 Å². The van der Waals surface area contributed by atoms with Crippen molar-refractivity contribution >= 4 is 17.7 Å². The number of carbonyl (C=O) groups is 3. The number of hydrazine groups is 1. The molecular formula is C14H25N3O3. The van der Waals surface area contributed by atoms with Crippen LogP contribution in [0.3, 0.4) is 0 Å². The van der Waals surface area contributed by atoms with Crippen LogP contribution in [0.5, 0.6) is 0 Å². The summed E-state index contributed by atoms with van der Waals surface area (Å²) in [4.78, 5) is 34.6. The Morgan fingerprint density at radius 2 is 1.60 bits per heavy atom. The van der Waals surface area contributed by atoms with Crippen LogP contribution in [0.2, 0.25) is 0 Å². The second kappa shape index (κ2) is 8.55. The van der Waals surface area contributed by atoms with Crippen LogP contribution in [-0.4, -0.2) is 24.3 Å². The van der Waals surface area contributed by atoms with Gasteiger partial charge in [0.05, 0.1) is 6.54 Å². The minimum Gasteiger partial charge on any atom is -0.347 e. The highest BCUT2D eigenvalue weighted by molar-refractivity contribution is 5.87. The van der Waals surface area contributed by atoms with Crippen molar-refractivity contribution in [3.8, 4) is 0 Å². The van der Waals surface area contributed by atoms with Crippen LogP contribution >= 0.6 is 0 Å². The molecule has 0 aromatic rings. The Morgan fingerprint density at radius 1 is 1.00 bits per heavy atom. The zero-order chi connectivity index (χ0) is 15.0. The minimum atomic E-state index is -0.411. The molecule has 0 heterocycles. The third kappa shape index (κ3) is 6.54. The molecule has 0 aromatic carbocycles. The molecule has 6 nitrogen and oxygen atoms in total. The highest BCUT2D eigenvalue weighted by Gasteiger charge is 2.21. The summed E-state index contributed by atoms with van der Waals surface area (Å²) < 4.78 is 0. The van der Waals surface area contributed by atoms with E-state index in [0.717, 1.165) is 25.7 Å². The van der Waals surface area contributed by atoms with Crippen molar-refractivity contribution in [1.29, 1.82) is 0 Å². The van der Waals surface area contributed by atoms with Crippen molar-refractivity contribution in [3.63, 3.8) is 0 Å². The molecule has 1 aliphatic rings. The van der Waals surface area contributed by atoms with Gasteiger partial charge in [0.25, 0.3) is 5.91 Å². The third-order valence-electron chi connectivity index (χ3n) is 3.33. The average Bonchev–Trinajstić information content (AvgIpc) is 2.42. The molecule has 0 bridgehead atoms. The Balaban J connectivity index is 2.15. The molecule has 1 fully saturated rings. The SMILES string of the molecule is CC(C)CC(=O)NNC(=O)CNC(=O)C1CCCCC1. The highest BCUT2D eigenvalue weighted by atomic mass is 16.2. The summed E-state index contributed by atoms with van der Waals surface area (Å²) in [5.74, 6) is -0.434. The summed E-state index contributed by atoms with van der Waals surface area (Å²) in [6.45, 7) is 3.74. The first-order valence-corrected chi connectivity index (χ1v) is 7.34. The van der Waals surface area contributed by atoms with E-state index in [1.54, 1.807) is 0 Å². The van der Waals surface area contributed by atoms with Gasteiger partial charge in [0.2, 0.25) is 11.8 Å². The van der Waals surface area contributed by atoms with E-state index < -0.39 is 5.91 Å². The first-order chi connectivity index (χ1) is 9.49. The largest absolute Gasteiger partial charge is 0.347 e. The van der Waals surface area contributed by atoms with Gasteiger partial charge in [0.1, 0.15) is 0 Å². The first kappa shape index (κ1) is 16.5. The maximum absolute atomic E-state index is 11.8. The normalized spacial score (nSPS) is 15.8. The van der Waals surface area contributed by atoms with Crippen LogP contribution in [0.15, 0.2) is 0 Å². The van der Waals surface area contributed by atoms with Crippen molar-refractivity contribution in [2.45, 2.75) is 52.4 Å². The minimum absolute atomic E-state index is 0.0343. The lowest BCUT2D eigenvalue weighted by molar-refractivity contribution is -0.131. The topological polar surface area (TPSA) is 87.3 Å². The number of nitrogens with one attached hydrogen (secondary N) is 3. The second-order valence-corrected chi connectivity index (χ2v) is 5.75. The first-order valence-electron chi connectivity index (χ1n) is 7.34. The van der Waals surface area contributed by atoms with Crippen LogP contribution in [-0.2, 0) is 14.4 Å². The van der Waals surface area contributed by atoms with Gasteiger partial charge in [-0.15, -0.1) is 0 Å². The van der Waals surface area contributed by atoms with Gasteiger partial charge in [-0.05, 0) is 18.8 Å². The van der Waals surface area contributed by atoms with Gasteiger partial charge in [-0.3, -0.25) is 25.2 Å². The molecule has 1 rings (SSSR count). The lowest BCUT2D eigenvalue weighted by Crippen LogP contribution is -2.47. The summed E-state index contributed by atoms with van der Waals surface area (Å²) in [5.41, 5.74) is 4.62. The van der Waals surface area contributed by atoms with Gasteiger partial charge in [-0.25, -0.2) is 0 Å². The molecule has 114 valence electrons. The summed E-state index contributed by atoms with van der Waals surface area (Å²) in [6, 6.07) is 0. The van der Waals surface area contributed by atoms with Gasteiger partial charge in [0, 0.05) is 12.3 Å². The van der Waals surface area contributed by atoms with Crippen molar-refractivity contribution in [2.75, 3.05) is 6.54 Å². The molecule has 0 atom stereocenters. The van der Waals surface area contributed by atoms with Gasteiger partial charge in [-0.2, -0.15) is 0 Å². The van der Waals surface area contributed by atoms with E-state index in [2.05, 4.69) is 16.2 Å². The fourth-order valence-electron chi connectivity index (χ4n) is 2.28. The van der Waals surface area contributed by atoms with Gasteiger partial charge in [-0.1, -0.05) is 33.1 Å². The monoisotopic (exact) mass is 283 g/mol.